The van der Waals surface area contributed by atoms with Gasteiger partial charge in [-0.3, -0.25) is 29.5 Å². The lowest BCUT2D eigenvalue weighted by Crippen LogP contribution is -2.53. The summed E-state index contributed by atoms with van der Waals surface area (Å²) in [5.41, 5.74) is 5.51. The fourth-order valence-corrected chi connectivity index (χ4v) is 9.41. The van der Waals surface area contributed by atoms with Crippen LogP contribution in [-0.2, 0) is 31.0 Å². The summed E-state index contributed by atoms with van der Waals surface area (Å²) in [4.78, 5) is 60.1. The Labute approximate surface area is 312 Å². The number of carbonyl (C=O) groups excluding carboxylic acids is 4. The van der Waals surface area contributed by atoms with Crippen molar-refractivity contribution in [1.29, 1.82) is 0 Å². The van der Waals surface area contributed by atoms with Crippen LogP contribution in [0.15, 0.2) is 103 Å². The number of hydrogen-bond donors (Lipinski definition) is 3. The number of amides is 4. The van der Waals surface area contributed by atoms with Crippen LogP contribution >= 0.6 is 0 Å². The molecule has 0 aromatic heterocycles. The fourth-order valence-electron chi connectivity index (χ4n) is 9.41. The minimum Gasteiger partial charge on any atom is -0.508 e. The van der Waals surface area contributed by atoms with Gasteiger partial charge < -0.3 is 19.7 Å². The monoisotopic (exact) mass is 727 g/mol. The average molecular weight is 728 g/mol. The molecule has 4 aliphatic rings. The molecule has 4 amide bonds. The number of likely N-dealkylation sites (tertiary alicyclic amines) is 1. The van der Waals surface area contributed by atoms with Gasteiger partial charge in [0, 0.05) is 30.2 Å². The van der Waals surface area contributed by atoms with E-state index < -0.39 is 46.8 Å². The second-order valence-electron chi connectivity index (χ2n) is 14.6. The Morgan fingerprint density at radius 3 is 2.24 bits per heavy atom. The first-order chi connectivity index (χ1) is 26.1. The van der Waals surface area contributed by atoms with Gasteiger partial charge in [-0.25, -0.2) is 0 Å². The van der Waals surface area contributed by atoms with E-state index in [9.17, 15) is 24.6 Å². The number of methoxy groups -OCH3 is 2. The quantitative estimate of drug-likeness (QED) is 0.147. The third-order valence-corrected chi connectivity index (χ3v) is 11.9. The lowest BCUT2D eigenvalue weighted by Gasteiger charge is -2.50. The van der Waals surface area contributed by atoms with Crippen molar-refractivity contribution in [3.05, 3.63) is 125 Å². The molecule has 2 aliphatic carbocycles. The van der Waals surface area contributed by atoms with Crippen LogP contribution < -0.4 is 14.9 Å². The molecule has 6 unspecified atom stereocenters. The van der Waals surface area contributed by atoms with Crippen molar-refractivity contribution < 1.29 is 38.9 Å². The average Bonchev–Trinajstić information content (AvgIpc) is 3.55. The number of phenols is 2. The first kappa shape index (κ1) is 35.0. The van der Waals surface area contributed by atoms with Crippen LogP contribution in [0.4, 0.5) is 5.69 Å². The molecule has 11 nitrogen and oxygen atoms in total. The van der Waals surface area contributed by atoms with Gasteiger partial charge in [-0.2, -0.15) is 5.01 Å². The van der Waals surface area contributed by atoms with E-state index in [1.165, 1.54) is 25.2 Å². The van der Waals surface area contributed by atoms with Gasteiger partial charge in [-0.15, -0.1) is 0 Å². The summed E-state index contributed by atoms with van der Waals surface area (Å²) in [6.07, 6.45) is 2.73. The van der Waals surface area contributed by atoms with Gasteiger partial charge in [0.05, 0.1) is 43.1 Å². The highest BCUT2D eigenvalue weighted by molar-refractivity contribution is 6.13. The summed E-state index contributed by atoms with van der Waals surface area (Å²) < 4.78 is 11.4. The van der Waals surface area contributed by atoms with E-state index in [2.05, 4.69) is 5.43 Å². The molecule has 0 radical (unpaired) electrons. The normalized spacial score (nSPS) is 25.9. The number of phenolic OH excluding ortho intramolecular Hbond substituents is 2. The molecule has 0 bridgehead atoms. The molecule has 0 spiro atoms. The molecule has 276 valence electrons. The lowest BCUT2D eigenvalue weighted by molar-refractivity contribution is -0.141. The number of carbonyl (C=O) groups is 4. The Hall–Kier alpha value is -6.10. The zero-order valence-electron chi connectivity index (χ0n) is 30.2. The number of imide groups is 2. The predicted octanol–water partition coefficient (Wildman–Crippen LogP) is 5.65. The summed E-state index contributed by atoms with van der Waals surface area (Å²) in [5.74, 6) is -5.01. The number of anilines is 1. The summed E-state index contributed by atoms with van der Waals surface area (Å²) in [6.45, 7) is 2.11. The predicted molar refractivity (Wildman–Crippen MR) is 199 cm³/mol. The summed E-state index contributed by atoms with van der Waals surface area (Å²) in [6, 6.07) is 26.2. The van der Waals surface area contributed by atoms with Gasteiger partial charge in [0.15, 0.2) is 0 Å². The number of hydrazine groups is 1. The Balaban J connectivity index is 1.29. The van der Waals surface area contributed by atoms with Crippen LogP contribution in [0.1, 0.15) is 41.0 Å². The number of ether oxygens (including phenoxy) is 2. The van der Waals surface area contributed by atoms with Gasteiger partial charge >= 0.3 is 0 Å². The molecule has 2 aliphatic heterocycles. The van der Waals surface area contributed by atoms with Crippen LogP contribution in [0.5, 0.6) is 23.0 Å². The number of hydrogen-bond acceptors (Lipinski definition) is 9. The highest BCUT2D eigenvalue weighted by Crippen LogP contribution is 2.66. The maximum absolute atomic E-state index is 15.4. The number of benzene rings is 4. The Morgan fingerprint density at radius 1 is 0.833 bits per heavy atom. The SMILES string of the molecule is COc1cc(O)c(C2C3=CCC4C(=O)N(CCc5ccc(O)cc5)C(=O)C4C3CC3C(=O)N(Nc4ccc(C)cc4)C(=O)C32c2ccccc2)c(OC)c1. The summed E-state index contributed by atoms with van der Waals surface area (Å²) in [5, 5.41) is 22.7. The number of aryl methyl sites for hydroxylation is 1. The van der Waals surface area contributed by atoms with Crippen molar-refractivity contribution in [1.82, 2.24) is 9.91 Å². The van der Waals surface area contributed by atoms with E-state index in [-0.39, 0.29) is 48.4 Å². The van der Waals surface area contributed by atoms with Crippen LogP contribution in [0.2, 0.25) is 0 Å². The molecule has 3 fully saturated rings. The molecule has 8 rings (SSSR count). The first-order valence-electron chi connectivity index (χ1n) is 18.1. The smallest absolute Gasteiger partial charge is 0.260 e. The van der Waals surface area contributed by atoms with Crippen molar-refractivity contribution in [2.75, 3.05) is 26.2 Å². The summed E-state index contributed by atoms with van der Waals surface area (Å²) >= 11 is 0. The maximum atomic E-state index is 15.4. The molecule has 4 aromatic rings. The number of aromatic hydroxyl groups is 2. The van der Waals surface area contributed by atoms with E-state index >= 15 is 4.79 Å². The molecule has 2 heterocycles. The second kappa shape index (κ2) is 13.4. The highest BCUT2D eigenvalue weighted by atomic mass is 16.5. The zero-order valence-corrected chi connectivity index (χ0v) is 30.2. The van der Waals surface area contributed by atoms with Gasteiger partial charge in [-0.1, -0.05) is 71.8 Å². The second-order valence-corrected chi connectivity index (χ2v) is 14.6. The third kappa shape index (κ3) is 5.32. The Kier molecular flexibility index (Phi) is 8.67. The fraction of sp³-hybridized carbons (Fsp3) is 0.302. The van der Waals surface area contributed by atoms with Crippen LogP contribution in [0.3, 0.4) is 0 Å². The van der Waals surface area contributed by atoms with Crippen LogP contribution in [0, 0.1) is 30.6 Å². The van der Waals surface area contributed by atoms with Crippen molar-refractivity contribution in [2.45, 2.75) is 37.5 Å². The third-order valence-electron chi connectivity index (χ3n) is 11.9. The molecule has 3 N–H and O–H groups in total. The van der Waals surface area contributed by atoms with Crippen molar-refractivity contribution in [3.8, 4) is 23.0 Å². The van der Waals surface area contributed by atoms with E-state index in [0.29, 0.717) is 34.6 Å². The van der Waals surface area contributed by atoms with Crippen molar-refractivity contribution in [3.63, 3.8) is 0 Å². The molecular formula is C43H41N3O8. The van der Waals surface area contributed by atoms with E-state index in [1.807, 2.05) is 55.5 Å². The molecule has 6 atom stereocenters. The molecule has 1 saturated carbocycles. The van der Waals surface area contributed by atoms with Crippen molar-refractivity contribution in [2.24, 2.45) is 23.7 Å². The van der Waals surface area contributed by atoms with Gasteiger partial charge in [-0.05, 0) is 67.5 Å². The molecule has 54 heavy (non-hydrogen) atoms. The Morgan fingerprint density at radius 2 is 1.56 bits per heavy atom. The van der Waals surface area contributed by atoms with E-state index in [1.54, 1.807) is 42.5 Å². The minimum absolute atomic E-state index is 0.124. The Bertz CT molecular complexity index is 2180. The van der Waals surface area contributed by atoms with Gasteiger partial charge in [0.25, 0.3) is 11.8 Å². The standard InChI is InChI=1S/C43H41N3O8/c1-24-9-13-27(14-10-24)44-46-40(50)33-23-32-30(17-18-31-36(32)41(51)45(39(31)49)20-19-25-11-15-28(47)16-12-25)38(37-34(48)21-29(53-2)22-35(37)54-3)43(33,42(46)52)26-7-5-4-6-8-26/h4-17,21-22,31-33,36,38,44,47-48H,18-20,23H2,1-3H3. The number of fused-ring (bicyclic) bond motifs is 4. The largest absolute Gasteiger partial charge is 0.508 e. The molecular weight excluding hydrogens is 686 g/mol. The van der Waals surface area contributed by atoms with Gasteiger partial charge in [0.2, 0.25) is 11.8 Å². The first-order valence-corrected chi connectivity index (χ1v) is 18.1. The van der Waals surface area contributed by atoms with Crippen LogP contribution in [-0.4, -0.2) is 64.5 Å². The highest BCUT2D eigenvalue weighted by Gasteiger charge is 2.71. The van der Waals surface area contributed by atoms with E-state index in [0.717, 1.165) is 16.1 Å². The number of nitrogens with one attached hydrogen (secondary N) is 1. The number of rotatable bonds is 9. The lowest BCUT2D eigenvalue weighted by atomic mass is 9.49. The summed E-state index contributed by atoms with van der Waals surface area (Å²) in [7, 11) is 2.94. The molecule has 11 heteroatoms. The number of nitrogens with zero attached hydrogens (tertiary/aromatic N) is 2. The van der Waals surface area contributed by atoms with E-state index in [4.69, 9.17) is 9.47 Å². The molecule has 4 aromatic carbocycles. The number of allylic oxidation sites excluding steroid dienone is 2. The topological polar surface area (TPSA) is 146 Å². The molecule has 2 saturated heterocycles. The van der Waals surface area contributed by atoms with Crippen molar-refractivity contribution >= 4 is 29.3 Å². The van der Waals surface area contributed by atoms with Gasteiger partial charge in [0.1, 0.15) is 23.0 Å². The maximum Gasteiger partial charge on any atom is 0.260 e. The zero-order chi connectivity index (χ0) is 37.9. The minimum atomic E-state index is -1.57. The van der Waals surface area contributed by atoms with Crippen LogP contribution in [0.25, 0.3) is 0 Å².